The van der Waals surface area contributed by atoms with Gasteiger partial charge in [-0.15, -0.1) is 0 Å². The minimum atomic E-state index is 0.434. The fourth-order valence-corrected chi connectivity index (χ4v) is 2.49. The van der Waals surface area contributed by atoms with Gasteiger partial charge in [-0.25, -0.2) is 9.67 Å². The Morgan fingerprint density at radius 3 is 2.61 bits per heavy atom. The molecule has 94 valence electrons. The highest BCUT2D eigenvalue weighted by Crippen LogP contribution is 2.22. The van der Waals surface area contributed by atoms with Crippen molar-refractivity contribution in [3.05, 3.63) is 34.2 Å². The lowest BCUT2D eigenvalue weighted by Crippen LogP contribution is -2.19. The number of hydrogen-bond acceptors (Lipinski definition) is 3. The molecule has 1 aromatic heterocycles. The maximum atomic E-state index is 5.36. The highest BCUT2D eigenvalue weighted by molar-refractivity contribution is 14.1. The van der Waals surface area contributed by atoms with E-state index in [1.807, 2.05) is 11.0 Å². The molecule has 4 nitrogen and oxygen atoms in total. The Morgan fingerprint density at radius 1 is 1.17 bits per heavy atom. The van der Waals surface area contributed by atoms with E-state index in [1.54, 1.807) is 0 Å². The summed E-state index contributed by atoms with van der Waals surface area (Å²) in [6.45, 7) is 1.65. The number of halogens is 1. The van der Waals surface area contributed by atoms with Gasteiger partial charge in [0, 0.05) is 22.3 Å². The van der Waals surface area contributed by atoms with E-state index in [4.69, 9.17) is 4.74 Å². The van der Waals surface area contributed by atoms with E-state index >= 15 is 0 Å². The van der Waals surface area contributed by atoms with Crippen LogP contribution < -0.4 is 0 Å². The van der Waals surface area contributed by atoms with Crippen LogP contribution in [0.3, 0.4) is 0 Å². The van der Waals surface area contributed by atoms with E-state index < -0.39 is 0 Å². The molecular weight excluding hydrogens is 341 g/mol. The predicted molar refractivity (Wildman–Crippen MR) is 77.3 cm³/mol. The maximum absolute atomic E-state index is 5.36. The third-order valence-corrected chi connectivity index (χ3v) is 3.90. The van der Waals surface area contributed by atoms with E-state index in [2.05, 4.69) is 56.9 Å². The molecule has 2 aromatic rings. The van der Waals surface area contributed by atoms with Gasteiger partial charge in [0.15, 0.2) is 5.82 Å². The molecule has 1 aliphatic heterocycles. The molecule has 5 heteroatoms. The summed E-state index contributed by atoms with van der Waals surface area (Å²) >= 11 is 2.30. The second-order valence-electron chi connectivity index (χ2n) is 4.40. The molecule has 0 saturated carbocycles. The average Bonchev–Trinajstić information content (AvgIpc) is 2.90. The molecular formula is C13H14IN3O. The Morgan fingerprint density at radius 2 is 1.89 bits per heavy atom. The monoisotopic (exact) mass is 355 g/mol. The summed E-state index contributed by atoms with van der Waals surface area (Å²) in [7, 11) is 0. The zero-order valence-corrected chi connectivity index (χ0v) is 12.1. The zero-order chi connectivity index (χ0) is 12.4. The van der Waals surface area contributed by atoms with E-state index in [0.29, 0.717) is 6.04 Å². The van der Waals surface area contributed by atoms with Crippen molar-refractivity contribution < 1.29 is 4.74 Å². The molecule has 1 saturated heterocycles. The van der Waals surface area contributed by atoms with Gasteiger partial charge in [0.05, 0.1) is 6.04 Å². The maximum Gasteiger partial charge on any atom is 0.181 e. The number of benzene rings is 1. The van der Waals surface area contributed by atoms with Crippen LogP contribution >= 0.6 is 22.6 Å². The van der Waals surface area contributed by atoms with Gasteiger partial charge in [-0.05, 0) is 47.6 Å². The number of nitrogens with zero attached hydrogens (tertiary/aromatic N) is 3. The lowest BCUT2D eigenvalue weighted by molar-refractivity contribution is 0.0662. The molecule has 1 aromatic carbocycles. The molecule has 0 bridgehead atoms. The quantitative estimate of drug-likeness (QED) is 0.778. The average molecular weight is 355 g/mol. The molecule has 1 fully saturated rings. The van der Waals surface area contributed by atoms with Gasteiger partial charge < -0.3 is 4.74 Å². The molecule has 0 radical (unpaired) electrons. The van der Waals surface area contributed by atoms with Gasteiger partial charge in [-0.2, -0.15) is 5.10 Å². The molecule has 0 amide bonds. The number of rotatable bonds is 2. The van der Waals surface area contributed by atoms with E-state index in [-0.39, 0.29) is 0 Å². The number of hydrogen-bond donors (Lipinski definition) is 0. The van der Waals surface area contributed by atoms with Crippen molar-refractivity contribution in [3.8, 4) is 11.4 Å². The SMILES string of the molecule is Ic1ccc(-c2ncn(C3CCOCC3)n2)cc1. The standard InChI is InChI=1S/C13H14IN3O/c14-11-3-1-10(2-4-11)13-15-9-17(16-13)12-5-7-18-8-6-12/h1-4,9,12H,5-8H2. The summed E-state index contributed by atoms with van der Waals surface area (Å²) in [6, 6.07) is 8.70. The summed E-state index contributed by atoms with van der Waals surface area (Å²) < 4.78 is 8.57. The Kier molecular flexibility index (Phi) is 3.60. The van der Waals surface area contributed by atoms with Crippen molar-refractivity contribution >= 4 is 22.6 Å². The molecule has 0 aliphatic carbocycles. The molecule has 0 N–H and O–H groups in total. The molecule has 0 atom stereocenters. The van der Waals surface area contributed by atoms with Crippen LogP contribution in [0.15, 0.2) is 30.6 Å². The first kappa shape index (κ1) is 12.1. The summed E-state index contributed by atoms with van der Waals surface area (Å²) in [5, 5.41) is 4.58. The Balaban J connectivity index is 1.82. The topological polar surface area (TPSA) is 39.9 Å². The van der Waals surface area contributed by atoms with Gasteiger partial charge in [-0.3, -0.25) is 0 Å². The predicted octanol–water partition coefficient (Wildman–Crippen LogP) is 2.90. The molecule has 0 unspecified atom stereocenters. The summed E-state index contributed by atoms with van der Waals surface area (Å²) in [5.74, 6) is 0.804. The van der Waals surface area contributed by atoms with E-state index in [0.717, 1.165) is 37.4 Å². The second kappa shape index (κ2) is 5.36. The highest BCUT2D eigenvalue weighted by Gasteiger charge is 2.17. The minimum Gasteiger partial charge on any atom is -0.381 e. The first-order valence-electron chi connectivity index (χ1n) is 6.08. The van der Waals surface area contributed by atoms with Gasteiger partial charge in [-0.1, -0.05) is 12.1 Å². The number of aromatic nitrogens is 3. The van der Waals surface area contributed by atoms with Crippen LogP contribution in [0.1, 0.15) is 18.9 Å². The van der Waals surface area contributed by atoms with Gasteiger partial charge in [0.1, 0.15) is 6.33 Å². The Hall–Kier alpha value is -0.950. The van der Waals surface area contributed by atoms with Crippen LogP contribution in [0.2, 0.25) is 0 Å². The largest absolute Gasteiger partial charge is 0.381 e. The Labute approximate surface area is 120 Å². The second-order valence-corrected chi connectivity index (χ2v) is 5.64. The fraction of sp³-hybridized carbons (Fsp3) is 0.385. The molecule has 2 heterocycles. The van der Waals surface area contributed by atoms with Crippen molar-refractivity contribution in [2.45, 2.75) is 18.9 Å². The molecule has 18 heavy (non-hydrogen) atoms. The molecule has 3 rings (SSSR count). The minimum absolute atomic E-state index is 0.434. The summed E-state index contributed by atoms with van der Waals surface area (Å²) in [6.07, 6.45) is 3.88. The van der Waals surface area contributed by atoms with Crippen molar-refractivity contribution in [3.63, 3.8) is 0 Å². The van der Waals surface area contributed by atoms with E-state index in [9.17, 15) is 0 Å². The summed E-state index contributed by atoms with van der Waals surface area (Å²) in [4.78, 5) is 4.40. The third-order valence-electron chi connectivity index (χ3n) is 3.18. The zero-order valence-electron chi connectivity index (χ0n) is 9.92. The van der Waals surface area contributed by atoms with Crippen LogP contribution in [0.4, 0.5) is 0 Å². The molecule has 1 aliphatic rings. The lowest BCUT2D eigenvalue weighted by Gasteiger charge is -2.21. The van der Waals surface area contributed by atoms with Gasteiger partial charge in [0.2, 0.25) is 0 Å². The summed E-state index contributed by atoms with van der Waals surface area (Å²) in [5.41, 5.74) is 1.07. The van der Waals surface area contributed by atoms with E-state index in [1.165, 1.54) is 3.57 Å². The van der Waals surface area contributed by atoms with Crippen molar-refractivity contribution in [1.82, 2.24) is 14.8 Å². The lowest BCUT2D eigenvalue weighted by atomic mass is 10.1. The van der Waals surface area contributed by atoms with Crippen molar-refractivity contribution in [1.29, 1.82) is 0 Å². The third kappa shape index (κ3) is 2.56. The fourth-order valence-electron chi connectivity index (χ4n) is 2.13. The number of ether oxygens (including phenoxy) is 1. The van der Waals surface area contributed by atoms with Gasteiger partial charge in [0.25, 0.3) is 0 Å². The highest BCUT2D eigenvalue weighted by atomic mass is 127. The molecule has 0 spiro atoms. The Bertz CT molecular complexity index is 517. The van der Waals surface area contributed by atoms with Crippen LogP contribution in [0, 0.1) is 3.57 Å². The van der Waals surface area contributed by atoms with Crippen LogP contribution in [-0.2, 0) is 4.74 Å². The normalized spacial score (nSPS) is 16.9. The van der Waals surface area contributed by atoms with Crippen LogP contribution in [0.5, 0.6) is 0 Å². The van der Waals surface area contributed by atoms with Crippen molar-refractivity contribution in [2.75, 3.05) is 13.2 Å². The van der Waals surface area contributed by atoms with Crippen LogP contribution in [0.25, 0.3) is 11.4 Å². The first-order valence-corrected chi connectivity index (χ1v) is 7.15. The smallest absolute Gasteiger partial charge is 0.181 e. The van der Waals surface area contributed by atoms with Gasteiger partial charge >= 0.3 is 0 Å². The first-order chi connectivity index (χ1) is 8.83. The van der Waals surface area contributed by atoms with Crippen molar-refractivity contribution in [2.24, 2.45) is 0 Å². The van der Waals surface area contributed by atoms with Crippen LogP contribution in [-0.4, -0.2) is 28.0 Å².